The predicted octanol–water partition coefficient (Wildman–Crippen LogP) is 2.41. The number of aliphatic hydroxyl groups excluding tert-OH is 1. The van der Waals surface area contributed by atoms with Gasteiger partial charge in [0, 0.05) is 18.9 Å². The Labute approximate surface area is 104 Å². The maximum atomic E-state index is 9.01. The van der Waals surface area contributed by atoms with Gasteiger partial charge in [0.15, 0.2) is 5.13 Å². The molecule has 1 N–H and O–H groups in total. The average Bonchev–Trinajstić information content (AvgIpc) is 2.87. The van der Waals surface area contributed by atoms with Gasteiger partial charge in [-0.15, -0.1) is 0 Å². The van der Waals surface area contributed by atoms with E-state index in [1.807, 2.05) is 36.2 Å². The number of rotatable bonds is 4. The van der Waals surface area contributed by atoms with Crippen molar-refractivity contribution in [2.45, 2.75) is 6.61 Å². The zero-order valence-corrected chi connectivity index (χ0v) is 10.6. The molecule has 90 valence electrons. The molecule has 4 nitrogen and oxygen atoms in total. The van der Waals surface area contributed by atoms with Crippen LogP contribution in [0.4, 0.5) is 10.8 Å². The number of ether oxygens (including phenoxy) is 1. The molecule has 1 aromatic carbocycles. The van der Waals surface area contributed by atoms with Crippen molar-refractivity contribution in [1.29, 1.82) is 0 Å². The Kier molecular flexibility index (Phi) is 3.61. The van der Waals surface area contributed by atoms with E-state index in [1.54, 1.807) is 13.3 Å². The molecule has 0 saturated heterocycles. The first-order valence-electron chi connectivity index (χ1n) is 5.18. The SMILES string of the molecule is COc1ccc(N(C)c2ncc(CO)s2)cc1. The molecule has 0 aliphatic carbocycles. The Hall–Kier alpha value is -1.59. The summed E-state index contributed by atoms with van der Waals surface area (Å²) in [5.74, 6) is 0.831. The lowest BCUT2D eigenvalue weighted by atomic mass is 10.3. The molecule has 17 heavy (non-hydrogen) atoms. The molecule has 5 heteroatoms. The fourth-order valence-electron chi connectivity index (χ4n) is 1.44. The van der Waals surface area contributed by atoms with Crippen molar-refractivity contribution < 1.29 is 9.84 Å². The highest BCUT2D eigenvalue weighted by molar-refractivity contribution is 7.15. The third kappa shape index (κ3) is 2.57. The van der Waals surface area contributed by atoms with Gasteiger partial charge < -0.3 is 14.7 Å². The van der Waals surface area contributed by atoms with Gasteiger partial charge in [-0.1, -0.05) is 11.3 Å². The summed E-state index contributed by atoms with van der Waals surface area (Å²) in [6, 6.07) is 7.76. The number of hydrogen-bond donors (Lipinski definition) is 1. The molecule has 0 spiro atoms. The van der Waals surface area contributed by atoms with Crippen LogP contribution in [0, 0.1) is 0 Å². The van der Waals surface area contributed by atoms with E-state index < -0.39 is 0 Å². The van der Waals surface area contributed by atoms with Crippen molar-refractivity contribution in [2.24, 2.45) is 0 Å². The Balaban J connectivity index is 2.20. The minimum atomic E-state index is 0.0358. The van der Waals surface area contributed by atoms with E-state index in [0.29, 0.717) is 0 Å². The van der Waals surface area contributed by atoms with Crippen molar-refractivity contribution >= 4 is 22.2 Å². The van der Waals surface area contributed by atoms with Crippen LogP contribution in [-0.4, -0.2) is 24.2 Å². The van der Waals surface area contributed by atoms with Crippen LogP contribution in [0.25, 0.3) is 0 Å². The lowest BCUT2D eigenvalue weighted by Gasteiger charge is -2.15. The summed E-state index contributed by atoms with van der Waals surface area (Å²) in [6.07, 6.45) is 1.69. The lowest BCUT2D eigenvalue weighted by molar-refractivity contribution is 0.285. The Morgan fingerprint density at radius 2 is 2.06 bits per heavy atom. The van der Waals surface area contributed by atoms with Crippen LogP contribution < -0.4 is 9.64 Å². The molecule has 0 saturated carbocycles. The van der Waals surface area contributed by atoms with E-state index in [1.165, 1.54) is 11.3 Å². The van der Waals surface area contributed by atoms with Crippen LogP contribution in [0.15, 0.2) is 30.5 Å². The summed E-state index contributed by atoms with van der Waals surface area (Å²) in [5, 5.41) is 9.87. The minimum absolute atomic E-state index is 0.0358. The van der Waals surface area contributed by atoms with Gasteiger partial charge in [-0.25, -0.2) is 4.98 Å². The van der Waals surface area contributed by atoms with Gasteiger partial charge in [0.1, 0.15) is 5.75 Å². The Morgan fingerprint density at radius 1 is 1.35 bits per heavy atom. The number of thiazole rings is 1. The van der Waals surface area contributed by atoms with Gasteiger partial charge in [-0.3, -0.25) is 0 Å². The topological polar surface area (TPSA) is 45.6 Å². The molecule has 0 radical (unpaired) electrons. The maximum Gasteiger partial charge on any atom is 0.189 e. The van der Waals surface area contributed by atoms with Crippen molar-refractivity contribution in [3.63, 3.8) is 0 Å². The van der Waals surface area contributed by atoms with E-state index in [9.17, 15) is 0 Å². The number of hydrogen-bond acceptors (Lipinski definition) is 5. The molecular weight excluding hydrogens is 236 g/mol. The number of benzene rings is 1. The fraction of sp³-hybridized carbons (Fsp3) is 0.250. The summed E-state index contributed by atoms with van der Waals surface area (Å²) in [4.78, 5) is 7.10. The maximum absolute atomic E-state index is 9.01. The summed E-state index contributed by atoms with van der Waals surface area (Å²) in [5.41, 5.74) is 1.03. The highest BCUT2D eigenvalue weighted by atomic mass is 32.1. The zero-order valence-electron chi connectivity index (χ0n) is 9.75. The van der Waals surface area contributed by atoms with Gasteiger partial charge >= 0.3 is 0 Å². The molecule has 0 bridgehead atoms. The molecule has 0 atom stereocenters. The second kappa shape index (κ2) is 5.16. The Morgan fingerprint density at radius 3 is 2.59 bits per heavy atom. The van der Waals surface area contributed by atoms with E-state index >= 15 is 0 Å². The number of methoxy groups -OCH3 is 1. The van der Waals surface area contributed by atoms with Crippen molar-refractivity contribution in [3.05, 3.63) is 35.3 Å². The molecule has 1 aromatic heterocycles. The summed E-state index contributed by atoms with van der Waals surface area (Å²) in [7, 11) is 3.59. The van der Waals surface area contributed by atoms with E-state index in [2.05, 4.69) is 4.98 Å². The molecule has 0 fully saturated rings. The summed E-state index contributed by atoms with van der Waals surface area (Å²) >= 11 is 1.48. The lowest BCUT2D eigenvalue weighted by Crippen LogP contribution is -2.08. The molecule has 0 unspecified atom stereocenters. The van der Waals surface area contributed by atoms with E-state index in [0.717, 1.165) is 21.4 Å². The minimum Gasteiger partial charge on any atom is -0.497 e. The number of anilines is 2. The number of aliphatic hydroxyl groups is 1. The first-order valence-corrected chi connectivity index (χ1v) is 5.99. The summed E-state index contributed by atoms with van der Waals surface area (Å²) in [6.45, 7) is 0.0358. The molecule has 1 heterocycles. The van der Waals surface area contributed by atoms with Crippen LogP contribution in [0.3, 0.4) is 0 Å². The van der Waals surface area contributed by atoms with Crippen molar-refractivity contribution in [2.75, 3.05) is 19.1 Å². The van der Waals surface area contributed by atoms with Gasteiger partial charge in [0.2, 0.25) is 0 Å². The average molecular weight is 250 g/mol. The Bertz CT molecular complexity index is 482. The first kappa shape index (κ1) is 11.9. The largest absolute Gasteiger partial charge is 0.497 e. The normalized spacial score (nSPS) is 10.3. The highest BCUT2D eigenvalue weighted by Crippen LogP contribution is 2.28. The van der Waals surface area contributed by atoms with Gasteiger partial charge in [-0.2, -0.15) is 0 Å². The first-order chi connectivity index (χ1) is 8.24. The van der Waals surface area contributed by atoms with Crippen LogP contribution >= 0.6 is 11.3 Å². The second-order valence-electron chi connectivity index (χ2n) is 3.52. The van der Waals surface area contributed by atoms with E-state index in [4.69, 9.17) is 9.84 Å². The fourth-order valence-corrected chi connectivity index (χ4v) is 2.19. The molecular formula is C12H14N2O2S. The third-order valence-corrected chi connectivity index (χ3v) is 3.50. The monoisotopic (exact) mass is 250 g/mol. The van der Waals surface area contributed by atoms with Gasteiger partial charge in [-0.05, 0) is 24.3 Å². The van der Waals surface area contributed by atoms with Gasteiger partial charge in [0.05, 0.1) is 18.6 Å². The van der Waals surface area contributed by atoms with Crippen molar-refractivity contribution in [1.82, 2.24) is 4.98 Å². The zero-order chi connectivity index (χ0) is 12.3. The molecule has 0 aliphatic rings. The van der Waals surface area contributed by atoms with Crippen LogP contribution in [0.2, 0.25) is 0 Å². The van der Waals surface area contributed by atoms with Gasteiger partial charge in [0.25, 0.3) is 0 Å². The molecule has 2 aromatic rings. The molecule has 2 rings (SSSR count). The number of nitrogens with zero attached hydrogens (tertiary/aromatic N) is 2. The number of aromatic nitrogens is 1. The smallest absolute Gasteiger partial charge is 0.189 e. The highest BCUT2D eigenvalue weighted by Gasteiger charge is 2.08. The predicted molar refractivity (Wildman–Crippen MR) is 69.1 cm³/mol. The third-order valence-electron chi connectivity index (χ3n) is 2.44. The van der Waals surface area contributed by atoms with Crippen LogP contribution in [0.1, 0.15) is 4.88 Å². The van der Waals surface area contributed by atoms with E-state index in [-0.39, 0.29) is 6.61 Å². The molecule has 0 aliphatic heterocycles. The molecule has 0 amide bonds. The van der Waals surface area contributed by atoms with Crippen LogP contribution in [0.5, 0.6) is 5.75 Å². The standard InChI is InChI=1S/C12H14N2O2S/c1-14(12-13-7-11(8-15)17-12)9-3-5-10(16-2)6-4-9/h3-7,15H,8H2,1-2H3. The van der Waals surface area contributed by atoms with Crippen LogP contribution in [-0.2, 0) is 6.61 Å². The second-order valence-corrected chi connectivity index (χ2v) is 4.62. The summed E-state index contributed by atoms with van der Waals surface area (Å²) < 4.78 is 5.11. The van der Waals surface area contributed by atoms with Crippen molar-refractivity contribution in [3.8, 4) is 5.75 Å². The quantitative estimate of drug-likeness (QED) is 0.905.